The lowest BCUT2D eigenvalue weighted by Crippen LogP contribution is -2.35. The van der Waals surface area contributed by atoms with Crippen LogP contribution in [0.25, 0.3) is 0 Å². The first kappa shape index (κ1) is 21.0. The molecule has 2 aromatic carbocycles. The van der Waals surface area contributed by atoms with E-state index >= 15 is 0 Å². The Labute approximate surface area is 184 Å². The van der Waals surface area contributed by atoms with Crippen LogP contribution < -0.4 is 4.90 Å². The number of aromatic nitrogens is 2. The molecule has 1 fully saturated rings. The fourth-order valence-electron chi connectivity index (χ4n) is 4.20. The highest BCUT2D eigenvalue weighted by Crippen LogP contribution is 2.25. The molecule has 5 nitrogen and oxygen atoms in total. The van der Waals surface area contributed by atoms with Crippen LogP contribution in [-0.2, 0) is 6.42 Å². The van der Waals surface area contributed by atoms with Gasteiger partial charge >= 0.3 is 0 Å². The molecular formula is C26H30N4O. The molecule has 0 radical (unpaired) electrons. The standard InChI is InChI=1S/C26H30N4O/c1-19-10-12-23(13-11-19)26(31)30-15-7-14-29(16-17-30)25-24(20(2)27-21(3)28-25)18-22-8-5-4-6-9-22/h4-6,8-13H,7,14-18H2,1-3H3. The molecule has 160 valence electrons. The van der Waals surface area contributed by atoms with Crippen LogP contribution in [0.15, 0.2) is 54.6 Å². The van der Waals surface area contributed by atoms with E-state index in [0.717, 1.165) is 55.4 Å². The van der Waals surface area contributed by atoms with Gasteiger partial charge in [0.25, 0.3) is 5.91 Å². The van der Waals surface area contributed by atoms with E-state index in [-0.39, 0.29) is 5.91 Å². The van der Waals surface area contributed by atoms with Crippen LogP contribution in [0.3, 0.4) is 0 Å². The predicted molar refractivity (Wildman–Crippen MR) is 125 cm³/mol. The summed E-state index contributed by atoms with van der Waals surface area (Å²) in [6.07, 6.45) is 1.73. The Morgan fingerprint density at radius 1 is 0.871 bits per heavy atom. The number of anilines is 1. The van der Waals surface area contributed by atoms with Gasteiger partial charge in [0.05, 0.1) is 0 Å². The molecule has 0 atom stereocenters. The smallest absolute Gasteiger partial charge is 0.253 e. The zero-order valence-corrected chi connectivity index (χ0v) is 18.6. The van der Waals surface area contributed by atoms with Crippen molar-refractivity contribution in [3.05, 3.63) is 88.4 Å². The number of carbonyl (C=O) groups is 1. The minimum Gasteiger partial charge on any atom is -0.354 e. The summed E-state index contributed by atoms with van der Waals surface area (Å²) in [5, 5.41) is 0. The van der Waals surface area contributed by atoms with Gasteiger partial charge in [-0.25, -0.2) is 9.97 Å². The Morgan fingerprint density at radius 2 is 1.61 bits per heavy atom. The number of amides is 1. The molecule has 1 aromatic heterocycles. The van der Waals surface area contributed by atoms with E-state index in [1.807, 2.05) is 49.1 Å². The summed E-state index contributed by atoms with van der Waals surface area (Å²) >= 11 is 0. The van der Waals surface area contributed by atoms with E-state index in [2.05, 4.69) is 41.1 Å². The van der Waals surface area contributed by atoms with Crippen LogP contribution in [0.1, 0.15) is 45.0 Å². The molecule has 31 heavy (non-hydrogen) atoms. The van der Waals surface area contributed by atoms with Gasteiger partial charge in [0, 0.05) is 49.4 Å². The topological polar surface area (TPSA) is 49.3 Å². The van der Waals surface area contributed by atoms with Crippen molar-refractivity contribution in [2.24, 2.45) is 0 Å². The molecule has 1 amide bonds. The number of aryl methyl sites for hydroxylation is 3. The highest BCUT2D eigenvalue weighted by Gasteiger charge is 2.23. The SMILES string of the molecule is Cc1ccc(C(=O)N2CCCN(c3nc(C)nc(C)c3Cc3ccccc3)CC2)cc1. The van der Waals surface area contributed by atoms with Gasteiger partial charge in [-0.15, -0.1) is 0 Å². The highest BCUT2D eigenvalue weighted by molar-refractivity contribution is 5.94. The third-order valence-electron chi connectivity index (χ3n) is 5.91. The third-order valence-corrected chi connectivity index (χ3v) is 5.91. The van der Waals surface area contributed by atoms with Gasteiger partial charge in [-0.05, 0) is 44.9 Å². The Hall–Kier alpha value is -3.21. The zero-order valence-electron chi connectivity index (χ0n) is 18.6. The summed E-state index contributed by atoms with van der Waals surface area (Å²) in [6.45, 7) is 9.18. The number of hydrogen-bond donors (Lipinski definition) is 0. The molecule has 0 N–H and O–H groups in total. The number of benzene rings is 2. The quantitative estimate of drug-likeness (QED) is 0.637. The Morgan fingerprint density at radius 3 is 2.35 bits per heavy atom. The third kappa shape index (κ3) is 4.93. The molecule has 2 heterocycles. The fraction of sp³-hybridized carbons (Fsp3) is 0.346. The summed E-state index contributed by atoms with van der Waals surface area (Å²) < 4.78 is 0. The summed E-state index contributed by atoms with van der Waals surface area (Å²) in [5.41, 5.74) is 5.39. The second-order valence-corrected chi connectivity index (χ2v) is 8.32. The minimum atomic E-state index is 0.112. The number of hydrogen-bond acceptors (Lipinski definition) is 4. The van der Waals surface area contributed by atoms with E-state index in [1.165, 1.54) is 16.7 Å². The Bertz CT molecular complexity index is 1050. The van der Waals surface area contributed by atoms with Crippen molar-refractivity contribution in [1.29, 1.82) is 0 Å². The molecule has 5 heteroatoms. The monoisotopic (exact) mass is 414 g/mol. The average molecular weight is 415 g/mol. The van der Waals surface area contributed by atoms with Crippen LogP contribution in [0.5, 0.6) is 0 Å². The average Bonchev–Trinajstić information content (AvgIpc) is 3.02. The molecule has 1 saturated heterocycles. The van der Waals surface area contributed by atoms with E-state index in [0.29, 0.717) is 6.54 Å². The fourth-order valence-corrected chi connectivity index (χ4v) is 4.20. The van der Waals surface area contributed by atoms with Gasteiger partial charge in [-0.3, -0.25) is 4.79 Å². The Balaban J connectivity index is 1.55. The van der Waals surface area contributed by atoms with Crippen molar-refractivity contribution in [2.45, 2.75) is 33.6 Å². The predicted octanol–water partition coefficient (Wildman–Crippen LogP) is 4.35. The van der Waals surface area contributed by atoms with Crippen LogP contribution >= 0.6 is 0 Å². The molecule has 0 spiro atoms. The van der Waals surface area contributed by atoms with Gasteiger partial charge in [0.2, 0.25) is 0 Å². The maximum atomic E-state index is 13.0. The van der Waals surface area contributed by atoms with E-state index < -0.39 is 0 Å². The summed E-state index contributed by atoms with van der Waals surface area (Å²) in [7, 11) is 0. The van der Waals surface area contributed by atoms with Crippen molar-refractivity contribution in [3.8, 4) is 0 Å². The molecule has 0 saturated carbocycles. The molecule has 0 aliphatic carbocycles. The molecule has 1 aliphatic heterocycles. The second kappa shape index (κ2) is 9.29. The number of rotatable bonds is 4. The number of carbonyl (C=O) groups excluding carboxylic acids is 1. The largest absolute Gasteiger partial charge is 0.354 e. The highest BCUT2D eigenvalue weighted by atomic mass is 16.2. The van der Waals surface area contributed by atoms with Gasteiger partial charge in [0.15, 0.2) is 0 Å². The molecule has 1 aliphatic rings. The van der Waals surface area contributed by atoms with Crippen LogP contribution in [0.4, 0.5) is 5.82 Å². The van der Waals surface area contributed by atoms with Gasteiger partial charge in [-0.2, -0.15) is 0 Å². The summed E-state index contributed by atoms with van der Waals surface area (Å²) in [4.78, 5) is 26.8. The molecule has 3 aromatic rings. The lowest BCUT2D eigenvalue weighted by molar-refractivity contribution is 0.0767. The van der Waals surface area contributed by atoms with E-state index in [1.54, 1.807) is 0 Å². The maximum absolute atomic E-state index is 13.0. The van der Waals surface area contributed by atoms with Crippen LogP contribution in [0.2, 0.25) is 0 Å². The molecular weight excluding hydrogens is 384 g/mol. The maximum Gasteiger partial charge on any atom is 0.253 e. The van der Waals surface area contributed by atoms with Crippen molar-refractivity contribution < 1.29 is 4.79 Å². The molecule has 4 rings (SSSR count). The normalized spacial score (nSPS) is 14.4. The lowest BCUT2D eigenvalue weighted by atomic mass is 10.0. The van der Waals surface area contributed by atoms with Gasteiger partial charge in [0.1, 0.15) is 11.6 Å². The second-order valence-electron chi connectivity index (χ2n) is 8.32. The first-order valence-corrected chi connectivity index (χ1v) is 11.0. The van der Waals surface area contributed by atoms with Crippen LogP contribution in [0, 0.1) is 20.8 Å². The summed E-state index contributed by atoms with van der Waals surface area (Å²) in [5.74, 6) is 1.92. The van der Waals surface area contributed by atoms with Crippen molar-refractivity contribution in [1.82, 2.24) is 14.9 Å². The van der Waals surface area contributed by atoms with E-state index in [9.17, 15) is 4.79 Å². The van der Waals surface area contributed by atoms with Crippen LogP contribution in [-0.4, -0.2) is 47.0 Å². The van der Waals surface area contributed by atoms with Crippen molar-refractivity contribution in [2.75, 3.05) is 31.1 Å². The number of nitrogens with zero attached hydrogens (tertiary/aromatic N) is 4. The molecule has 0 bridgehead atoms. The van der Waals surface area contributed by atoms with Gasteiger partial charge in [-0.1, -0.05) is 48.0 Å². The first-order chi connectivity index (χ1) is 15.0. The zero-order chi connectivity index (χ0) is 21.8. The van der Waals surface area contributed by atoms with Crippen molar-refractivity contribution >= 4 is 11.7 Å². The minimum absolute atomic E-state index is 0.112. The lowest BCUT2D eigenvalue weighted by Gasteiger charge is -2.26. The van der Waals surface area contributed by atoms with Crippen molar-refractivity contribution in [3.63, 3.8) is 0 Å². The summed E-state index contributed by atoms with van der Waals surface area (Å²) in [6, 6.07) is 18.3. The Kier molecular flexibility index (Phi) is 6.31. The molecule has 0 unspecified atom stereocenters. The first-order valence-electron chi connectivity index (χ1n) is 11.0. The van der Waals surface area contributed by atoms with Gasteiger partial charge < -0.3 is 9.80 Å². The van der Waals surface area contributed by atoms with E-state index in [4.69, 9.17) is 4.98 Å².